The lowest BCUT2D eigenvalue weighted by Gasteiger charge is -2.34. The Kier molecular flexibility index (Phi) is 2.72. The first kappa shape index (κ1) is 10.3. The molecule has 0 amide bonds. The van der Waals surface area contributed by atoms with Crippen molar-refractivity contribution in [2.24, 2.45) is 0 Å². The summed E-state index contributed by atoms with van der Waals surface area (Å²) in [6, 6.07) is 10.5. The molecule has 0 bridgehead atoms. The van der Waals surface area contributed by atoms with Gasteiger partial charge in [0.1, 0.15) is 0 Å². The molecule has 3 rings (SSSR count). The quantitative estimate of drug-likeness (QED) is 0.690. The maximum absolute atomic E-state index is 2.77. The van der Waals surface area contributed by atoms with Crippen LogP contribution >= 0.6 is 0 Å². The van der Waals surface area contributed by atoms with Gasteiger partial charge in [0, 0.05) is 12.1 Å². The Morgan fingerprint density at radius 1 is 1.06 bits per heavy atom. The van der Waals surface area contributed by atoms with Crippen molar-refractivity contribution in [3.05, 3.63) is 35.4 Å². The smallest absolute Gasteiger partial charge is 0.0354 e. The fourth-order valence-electron chi connectivity index (χ4n) is 3.55. The molecular weight excluding hydrogens is 194 g/mol. The number of aryl methyl sites for hydroxylation is 1. The summed E-state index contributed by atoms with van der Waals surface area (Å²) in [6.45, 7) is 3.58. The van der Waals surface area contributed by atoms with Crippen LogP contribution in [0.2, 0.25) is 0 Å². The van der Waals surface area contributed by atoms with Gasteiger partial charge in [-0.25, -0.2) is 0 Å². The molecule has 0 spiro atoms. The van der Waals surface area contributed by atoms with Crippen LogP contribution in [0.15, 0.2) is 24.3 Å². The number of benzene rings is 1. The van der Waals surface area contributed by atoms with E-state index in [1.807, 2.05) is 0 Å². The summed E-state index contributed by atoms with van der Waals surface area (Å²) < 4.78 is 0. The third-order valence-corrected chi connectivity index (χ3v) is 4.39. The molecule has 0 aromatic heterocycles. The Morgan fingerprint density at radius 2 is 1.94 bits per heavy atom. The van der Waals surface area contributed by atoms with Crippen LogP contribution in [0.1, 0.15) is 49.3 Å². The average Bonchev–Trinajstić information content (AvgIpc) is 2.74. The largest absolute Gasteiger partial charge is 0.293 e. The molecule has 2 atom stereocenters. The van der Waals surface area contributed by atoms with Gasteiger partial charge >= 0.3 is 0 Å². The first-order valence-corrected chi connectivity index (χ1v) is 6.67. The van der Waals surface area contributed by atoms with E-state index in [0.29, 0.717) is 6.04 Å². The third kappa shape index (κ3) is 1.67. The molecule has 16 heavy (non-hydrogen) atoms. The van der Waals surface area contributed by atoms with E-state index in [4.69, 9.17) is 0 Å². The number of hydrogen-bond donors (Lipinski definition) is 0. The van der Waals surface area contributed by atoms with Gasteiger partial charge in [-0.05, 0) is 50.3 Å². The van der Waals surface area contributed by atoms with E-state index >= 15 is 0 Å². The molecule has 0 saturated carbocycles. The van der Waals surface area contributed by atoms with Crippen LogP contribution in [0.4, 0.5) is 0 Å². The summed E-state index contributed by atoms with van der Waals surface area (Å²) in [5.41, 5.74) is 3.05. The van der Waals surface area contributed by atoms with Crippen molar-refractivity contribution >= 4 is 0 Å². The molecule has 2 aliphatic heterocycles. The predicted octanol–water partition coefficient (Wildman–Crippen LogP) is 3.68. The van der Waals surface area contributed by atoms with Crippen LogP contribution in [0, 0.1) is 6.92 Å². The number of hydrogen-bond acceptors (Lipinski definition) is 1. The summed E-state index contributed by atoms with van der Waals surface area (Å²) in [4.78, 5) is 2.77. The Hall–Kier alpha value is -0.820. The Labute approximate surface area is 98.5 Å². The highest BCUT2D eigenvalue weighted by Gasteiger charge is 2.35. The van der Waals surface area contributed by atoms with Crippen LogP contribution < -0.4 is 0 Å². The van der Waals surface area contributed by atoms with Crippen LogP contribution in [-0.2, 0) is 0 Å². The Bertz CT molecular complexity index is 371. The molecule has 2 fully saturated rings. The summed E-state index contributed by atoms with van der Waals surface area (Å²) in [5, 5.41) is 0. The van der Waals surface area contributed by atoms with Gasteiger partial charge in [-0.2, -0.15) is 0 Å². The Balaban J connectivity index is 1.88. The number of rotatable bonds is 1. The first-order chi connectivity index (χ1) is 7.86. The second-order valence-electron chi connectivity index (χ2n) is 5.34. The monoisotopic (exact) mass is 215 g/mol. The fraction of sp³-hybridized carbons (Fsp3) is 0.600. The summed E-state index contributed by atoms with van der Waals surface area (Å²) >= 11 is 0. The van der Waals surface area contributed by atoms with Crippen LogP contribution in [0.3, 0.4) is 0 Å². The normalized spacial score (nSPS) is 30.3. The van der Waals surface area contributed by atoms with Gasteiger partial charge in [-0.3, -0.25) is 4.90 Å². The van der Waals surface area contributed by atoms with E-state index in [9.17, 15) is 0 Å². The molecule has 0 aliphatic carbocycles. The SMILES string of the molecule is Cc1ccccc1[C@H]1CC[C@H]2CCCCN21. The number of fused-ring (bicyclic) bond motifs is 1. The van der Waals surface area contributed by atoms with E-state index in [1.165, 1.54) is 44.2 Å². The highest BCUT2D eigenvalue weighted by molar-refractivity contribution is 5.29. The lowest BCUT2D eigenvalue weighted by atomic mass is 9.99. The minimum Gasteiger partial charge on any atom is -0.293 e. The predicted molar refractivity (Wildman–Crippen MR) is 67.5 cm³/mol. The van der Waals surface area contributed by atoms with E-state index in [-0.39, 0.29) is 0 Å². The second kappa shape index (κ2) is 4.21. The van der Waals surface area contributed by atoms with E-state index in [1.54, 1.807) is 5.56 Å². The maximum Gasteiger partial charge on any atom is 0.0354 e. The topological polar surface area (TPSA) is 3.24 Å². The minimum atomic E-state index is 0.714. The van der Waals surface area contributed by atoms with Gasteiger partial charge in [0.05, 0.1) is 0 Å². The molecule has 1 aromatic carbocycles. The second-order valence-corrected chi connectivity index (χ2v) is 5.34. The molecule has 2 heterocycles. The van der Waals surface area contributed by atoms with Crippen LogP contribution in [0.25, 0.3) is 0 Å². The lowest BCUT2D eigenvalue weighted by molar-refractivity contribution is 0.149. The zero-order chi connectivity index (χ0) is 11.0. The van der Waals surface area contributed by atoms with Crippen molar-refractivity contribution in [3.63, 3.8) is 0 Å². The van der Waals surface area contributed by atoms with Crippen molar-refractivity contribution in [2.45, 2.75) is 51.1 Å². The van der Waals surface area contributed by atoms with Crippen molar-refractivity contribution < 1.29 is 0 Å². The van der Waals surface area contributed by atoms with Crippen LogP contribution in [0.5, 0.6) is 0 Å². The van der Waals surface area contributed by atoms with Crippen molar-refractivity contribution in [1.29, 1.82) is 0 Å². The Morgan fingerprint density at radius 3 is 2.81 bits per heavy atom. The van der Waals surface area contributed by atoms with E-state index < -0.39 is 0 Å². The molecule has 0 unspecified atom stereocenters. The van der Waals surface area contributed by atoms with E-state index in [0.717, 1.165) is 6.04 Å². The first-order valence-electron chi connectivity index (χ1n) is 6.67. The average molecular weight is 215 g/mol. The highest BCUT2D eigenvalue weighted by Crippen LogP contribution is 2.40. The molecule has 1 nitrogen and oxygen atoms in total. The molecule has 1 aromatic rings. The van der Waals surface area contributed by atoms with Crippen molar-refractivity contribution in [3.8, 4) is 0 Å². The summed E-state index contributed by atoms with van der Waals surface area (Å²) in [6.07, 6.45) is 7.07. The van der Waals surface area contributed by atoms with Gasteiger partial charge < -0.3 is 0 Å². The highest BCUT2D eigenvalue weighted by atomic mass is 15.2. The van der Waals surface area contributed by atoms with Gasteiger partial charge in [0.15, 0.2) is 0 Å². The third-order valence-electron chi connectivity index (χ3n) is 4.39. The zero-order valence-corrected chi connectivity index (χ0v) is 10.2. The molecule has 0 N–H and O–H groups in total. The minimum absolute atomic E-state index is 0.714. The molecule has 86 valence electrons. The van der Waals surface area contributed by atoms with Gasteiger partial charge in [-0.15, -0.1) is 0 Å². The van der Waals surface area contributed by atoms with Crippen LogP contribution in [-0.4, -0.2) is 17.5 Å². The molecule has 0 radical (unpaired) electrons. The maximum atomic E-state index is 2.77. The standard InChI is InChI=1S/C15H21N/c1-12-6-2-3-8-14(12)15-10-9-13-7-4-5-11-16(13)15/h2-3,6,8,13,15H,4-5,7,9-11H2,1H3/t13-,15-/m1/s1. The van der Waals surface area contributed by atoms with Gasteiger partial charge in [0.2, 0.25) is 0 Å². The summed E-state index contributed by atoms with van der Waals surface area (Å²) in [7, 11) is 0. The zero-order valence-electron chi connectivity index (χ0n) is 10.2. The van der Waals surface area contributed by atoms with Crippen molar-refractivity contribution in [2.75, 3.05) is 6.54 Å². The van der Waals surface area contributed by atoms with E-state index in [2.05, 4.69) is 36.1 Å². The van der Waals surface area contributed by atoms with Gasteiger partial charge in [-0.1, -0.05) is 30.7 Å². The van der Waals surface area contributed by atoms with Crippen molar-refractivity contribution in [1.82, 2.24) is 4.90 Å². The molecule has 1 heteroatoms. The molecular formula is C15H21N. The fourth-order valence-corrected chi connectivity index (χ4v) is 3.55. The summed E-state index contributed by atoms with van der Waals surface area (Å²) in [5.74, 6) is 0. The number of nitrogens with zero attached hydrogens (tertiary/aromatic N) is 1. The molecule has 2 saturated heterocycles. The number of piperidine rings is 1. The molecule has 2 aliphatic rings. The lowest BCUT2D eigenvalue weighted by Crippen LogP contribution is -2.36. The van der Waals surface area contributed by atoms with Gasteiger partial charge in [0.25, 0.3) is 0 Å².